The topological polar surface area (TPSA) is 167 Å². The van der Waals surface area contributed by atoms with E-state index in [0.717, 1.165) is 36.8 Å². The predicted octanol–water partition coefficient (Wildman–Crippen LogP) is 7.22. The van der Waals surface area contributed by atoms with Gasteiger partial charge in [-0.1, -0.05) is 36.2 Å². The summed E-state index contributed by atoms with van der Waals surface area (Å²) in [6, 6.07) is 9.55. The van der Waals surface area contributed by atoms with Crippen molar-refractivity contribution in [1.82, 2.24) is 4.90 Å². The van der Waals surface area contributed by atoms with E-state index in [1.54, 1.807) is 56.6 Å². The van der Waals surface area contributed by atoms with Crippen molar-refractivity contribution < 1.29 is 53.1 Å². The number of likely N-dealkylation sites (N-methyl/N-ethyl adjacent to an activating group) is 1. The van der Waals surface area contributed by atoms with Crippen molar-refractivity contribution in [2.45, 2.75) is 69.1 Å². The van der Waals surface area contributed by atoms with Crippen LogP contribution in [0.5, 0.6) is 23.0 Å². The number of aliphatic hydroxyl groups is 2. The Morgan fingerprint density at radius 1 is 1.00 bits per heavy atom. The first-order chi connectivity index (χ1) is 27.7. The number of amides is 2. The zero-order valence-corrected chi connectivity index (χ0v) is 33.4. The molecular formula is C43H57N3O11. The van der Waals surface area contributed by atoms with Crippen LogP contribution < -0.4 is 24.3 Å². The first-order valence-corrected chi connectivity index (χ1v) is 19.5. The van der Waals surface area contributed by atoms with Crippen molar-refractivity contribution in [1.29, 1.82) is 0 Å². The lowest BCUT2D eigenvalue weighted by molar-refractivity contribution is -0.253. The van der Waals surface area contributed by atoms with Crippen LogP contribution in [-0.2, 0) is 14.3 Å². The van der Waals surface area contributed by atoms with E-state index < -0.39 is 29.9 Å². The summed E-state index contributed by atoms with van der Waals surface area (Å²) in [5.74, 6) is -0.493. The molecule has 1 saturated carbocycles. The number of aliphatic hydroxyl groups excluding tert-OH is 2. The zero-order chi connectivity index (χ0) is 41.0. The van der Waals surface area contributed by atoms with Gasteiger partial charge in [0, 0.05) is 44.2 Å². The lowest BCUT2D eigenvalue weighted by atomic mass is 9.55. The van der Waals surface area contributed by atoms with E-state index >= 15 is 0 Å². The number of oxime groups is 1. The molecule has 310 valence electrons. The molecule has 1 fully saturated rings. The van der Waals surface area contributed by atoms with E-state index in [9.17, 15) is 19.8 Å². The minimum absolute atomic E-state index is 0.0154. The van der Waals surface area contributed by atoms with Gasteiger partial charge in [0.1, 0.15) is 36.1 Å². The normalized spacial score (nSPS) is 23.8. The molecule has 0 saturated heterocycles. The molecule has 6 unspecified atom stereocenters. The van der Waals surface area contributed by atoms with Crippen molar-refractivity contribution in [3.05, 3.63) is 78.9 Å². The Morgan fingerprint density at radius 2 is 1.75 bits per heavy atom. The zero-order valence-electron chi connectivity index (χ0n) is 33.4. The van der Waals surface area contributed by atoms with E-state index in [4.69, 9.17) is 33.3 Å². The fourth-order valence-electron chi connectivity index (χ4n) is 8.50. The molecule has 2 aliphatic carbocycles. The molecule has 0 bridgehead atoms. The van der Waals surface area contributed by atoms with Gasteiger partial charge >= 0.3 is 12.2 Å². The molecule has 0 radical (unpaired) electrons. The maximum Gasteiger partial charge on any atom is 0.417 e. The summed E-state index contributed by atoms with van der Waals surface area (Å²) in [4.78, 5) is 34.0. The molecule has 0 spiro atoms. The third-order valence-electron chi connectivity index (χ3n) is 11.0. The van der Waals surface area contributed by atoms with E-state index in [2.05, 4.69) is 29.7 Å². The Kier molecular flexibility index (Phi) is 15.4. The van der Waals surface area contributed by atoms with Gasteiger partial charge in [-0.15, -0.1) is 13.2 Å². The second kappa shape index (κ2) is 20.4. The number of hydrogen-bond donors (Lipinski definition) is 3. The van der Waals surface area contributed by atoms with Crippen LogP contribution in [0.25, 0.3) is 0 Å². The Morgan fingerprint density at radius 3 is 2.44 bits per heavy atom. The summed E-state index contributed by atoms with van der Waals surface area (Å²) < 4.78 is 36.2. The minimum Gasteiger partial charge on any atom is -0.497 e. The van der Waals surface area contributed by atoms with Gasteiger partial charge in [0.05, 0.1) is 44.8 Å². The average molecular weight is 792 g/mol. The van der Waals surface area contributed by atoms with Crippen LogP contribution in [0.1, 0.15) is 62.8 Å². The number of methoxy groups -OCH3 is 2. The maximum absolute atomic E-state index is 13.7. The molecule has 14 heteroatoms. The van der Waals surface area contributed by atoms with E-state index in [-0.39, 0.29) is 56.4 Å². The molecule has 3 aliphatic rings. The highest BCUT2D eigenvalue weighted by Gasteiger charge is 2.65. The lowest BCUT2D eigenvalue weighted by Gasteiger charge is -2.59. The Labute approximate surface area is 335 Å². The number of allylic oxidation sites excluding steroid dienone is 1. The number of hydrogen-bond acceptors (Lipinski definition) is 12. The highest BCUT2D eigenvalue weighted by Crippen LogP contribution is 2.61. The number of carbonyl (C=O) groups excluding carboxylic acids is 2. The maximum atomic E-state index is 13.7. The summed E-state index contributed by atoms with van der Waals surface area (Å²) in [7, 11) is 6.20. The third-order valence-corrected chi connectivity index (χ3v) is 11.0. The van der Waals surface area contributed by atoms with Gasteiger partial charge in [-0.3, -0.25) is 5.32 Å². The van der Waals surface area contributed by atoms with Crippen LogP contribution in [-0.4, -0.2) is 99.6 Å². The van der Waals surface area contributed by atoms with Crippen LogP contribution in [0.4, 0.5) is 15.3 Å². The van der Waals surface area contributed by atoms with Gasteiger partial charge in [0.15, 0.2) is 0 Å². The summed E-state index contributed by atoms with van der Waals surface area (Å²) in [6.07, 6.45) is 9.35. The summed E-state index contributed by atoms with van der Waals surface area (Å²) in [5.41, 5.74) is 2.72. The summed E-state index contributed by atoms with van der Waals surface area (Å²) in [6.45, 7) is 8.08. The van der Waals surface area contributed by atoms with Gasteiger partial charge in [-0.05, 0) is 79.8 Å². The van der Waals surface area contributed by atoms with E-state index in [1.807, 2.05) is 6.07 Å². The van der Waals surface area contributed by atoms with Crippen molar-refractivity contribution in [3.63, 3.8) is 0 Å². The molecule has 2 amide bonds. The number of rotatable bonds is 20. The van der Waals surface area contributed by atoms with Crippen molar-refractivity contribution >= 4 is 23.6 Å². The molecule has 1 heterocycles. The largest absolute Gasteiger partial charge is 0.497 e. The van der Waals surface area contributed by atoms with Gasteiger partial charge in [-0.2, -0.15) is 0 Å². The number of carbonyl (C=O) groups is 2. The molecule has 2 aromatic rings. The Hall–Kier alpha value is -5.05. The van der Waals surface area contributed by atoms with Crippen LogP contribution in [0, 0.1) is 17.8 Å². The molecule has 1 aliphatic heterocycles. The number of nitrogens with zero attached hydrogens (tertiary/aromatic N) is 2. The first-order valence-electron chi connectivity index (χ1n) is 19.5. The van der Waals surface area contributed by atoms with Gasteiger partial charge in [-0.25, -0.2) is 9.59 Å². The third kappa shape index (κ3) is 9.57. The number of ether oxygens (including phenoxy) is 6. The number of benzene rings is 2. The average Bonchev–Trinajstić information content (AvgIpc) is 3.21. The molecule has 5 rings (SSSR count). The Balaban J connectivity index is 1.66. The van der Waals surface area contributed by atoms with Gasteiger partial charge < -0.3 is 48.4 Å². The molecular weight excluding hydrogens is 734 g/mol. The first kappa shape index (κ1) is 43.1. The van der Waals surface area contributed by atoms with Crippen molar-refractivity contribution in [2.24, 2.45) is 22.9 Å². The van der Waals surface area contributed by atoms with E-state index in [0.29, 0.717) is 47.9 Å². The highest BCUT2D eigenvalue weighted by atomic mass is 16.7. The van der Waals surface area contributed by atoms with Gasteiger partial charge in [0.2, 0.25) is 5.79 Å². The Bertz CT molecular complexity index is 1780. The quantitative estimate of drug-likeness (QED) is 0.0704. The summed E-state index contributed by atoms with van der Waals surface area (Å²) in [5, 5.41) is 26.9. The van der Waals surface area contributed by atoms with Crippen molar-refractivity contribution in [3.8, 4) is 23.0 Å². The SMILES string of the molecule is C=CCCOC(=O)N(C)C1CC(=NOC)C2=CC(CCCCO)C(CCCCO)C3c4cc(OC(=O)Nc5ccc(OC)cc5OC)ccc4OC1(OCC=C)C23. The van der Waals surface area contributed by atoms with Crippen LogP contribution in [0.3, 0.4) is 0 Å². The molecule has 3 N–H and O–H groups in total. The highest BCUT2D eigenvalue weighted by molar-refractivity contribution is 6.03. The number of fused-ring (bicyclic) bond motifs is 2. The molecule has 57 heavy (non-hydrogen) atoms. The van der Waals surface area contributed by atoms with E-state index in [1.165, 1.54) is 19.1 Å². The second-order valence-corrected chi connectivity index (χ2v) is 14.3. The minimum atomic E-state index is -1.44. The smallest absolute Gasteiger partial charge is 0.417 e. The monoisotopic (exact) mass is 791 g/mol. The fraction of sp³-hybridized carbons (Fsp3) is 0.512. The molecule has 6 atom stereocenters. The summed E-state index contributed by atoms with van der Waals surface area (Å²) >= 11 is 0. The standard InChI is InChI=1S/C43H57N3O11/c1-7-9-23-54-42(50)46(3)38-27-35(45-53-6)32-24-28(14-10-12-20-47)31(15-11-13-21-48)39-33-25-30(17-19-36(33)57-43(38,40(32)39)55-22-8-2)56-41(49)44-34-18-16-29(51-4)26-37(34)52-5/h7-8,16-19,24-26,28,31,38-40,47-48H,1-2,9-15,20-23,27H2,3-6H3,(H,44,49). The number of unbranched alkanes of at least 4 members (excludes halogenated alkanes) is 2. The molecule has 2 aromatic carbocycles. The van der Waals surface area contributed by atoms with Crippen molar-refractivity contribution in [2.75, 3.05) is 60.1 Å². The van der Waals surface area contributed by atoms with Crippen LogP contribution in [0.2, 0.25) is 0 Å². The second-order valence-electron chi connectivity index (χ2n) is 14.3. The number of anilines is 1. The van der Waals surface area contributed by atoms with Gasteiger partial charge in [0.25, 0.3) is 0 Å². The number of nitrogens with one attached hydrogen (secondary N) is 1. The van der Waals surface area contributed by atoms with Crippen LogP contribution in [0.15, 0.2) is 78.5 Å². The molecule has 0 aromatic heterocycles. The lowest BCUT2D eigenvalue weighted by Crippen LogP contribution is -2.69. The fourth-order valence-corrected chi connectivity index (χ4v) is 8.50. The van der Waals surface area contributed by atoms with Crippen LogP contribution >= 0.6 is 0 Å². The predicted molar refractivity (Wildman–Crippen MR) is 215 cm³/mol. The molecule has 14 nitrogen and oxygen atoms in total.